The van der Waals surface area contributed by atoms with E-state index in [1.54, 1.807) is 38.1 Å². The minimum atomic E-state index is -3.70. The molecule has 0 saturated heterocycles. The van der Waals surface area contributed by atoms with Crippen LogP contribution < -0.4 is 10.0 Å². The number of anilines is 1. The van der Waals surface area contributed by atoms with E-state index in [0.29, 0.717) is 31.5 Å². The monoisotopic (exact) mass is 369 g/mol. The van der Waals surface area contributed by atoms with Gasteiger partial charge in [0.1, 0.15) is 0 Å². The van der Waals surface area contributed by atoms with Gasteiger partial charge >= 0.3 is 10.2 Å². The van der Waals surface area contributed by atoms with Gasteiger partial charge in [-0.05, 0) is 37.8 Å². The molecule has 8 heteroatoms. The number of aliphatic hydroxyl groups is 1. The number of hydrogen-bond donors (Lipinski definition) is 3. The smallest absolute Gasteiger partial charge is 0.301 e. The third-order valence-corrected chi connectivity index (χ3v) is 6.16. The molecule has 1 aliphatic rings. The van der Waals surface area contributed by atoms with Crippen LogP contribution in [0.15, 0.2) is 24.3 Å². The predicted octanol–water partition coefficient (Wildman–Crippen LogP) is 1.72. The van der Waals surface area contributed by atoms with Gasteiger partial charge in [0.15, 0.2) is 0 Å². The van der Waals surface area contributed by atoms with Crippen molar-refractivity contribution in [2.45, 2.75) is 51.7 Å². The first-order chi connectivity index (χ1) is 11.9. The molecule has 1 aromatic carbocycles. The van der Waals surface area contributed by atoms with E-state index in [0.717, 1.165) is 12.8 Å². The molecule has 1 fully saturated rings. The Kier molecular flexibility index (Phi) is 6.80. The molecule has 1 aromatic rings. The summed E-state index contributed by atoms with van der Waals surface area (Å²) in [5.41, 5.74) is 0.562. The van der Waals surface area contributed by atoms with Crippen LogP contribution in [-0.2, 0) is 10.2 Å². The van der Waals surface area contributed by atoms with Gasteiger partial charge in [0.2, 0.25) is 0 Å². The van der Waals surface area contributed by atoms with Gasteiger partial charge in [-0.15, -0.1) is 0 Å². The van der Waals surface area contributed by atoms with Crippen LogP contribution in [0.5, 0.6) is 0 Å². The Hall–Kier alpha value is -1.64. The zero-order valence-corrected chi connectivity index (χ0v) is 15.6. The van der Waals surface area contributed by atoms with Crippen molar-refractivity contribution >= 4 is 21.8 Å². The van der Waals surface area contributed by atoms with E-state index in [1.807, 2.05) is 0 Å². The molecule has 25 heavy (non-hydrogen) atoms. The normalized spacial score (nSPS) is 21.1. The molecule has 0 heterocycles. The molecule has 3 N–H and O–H groups in total. The Morgan fingerprint density at radius 3 is 2.36 bits per heavy atom. The number of hydrogen-bond acceptors (Lipinski definition) is 4. The van der Waals surface area contributed by atoms with Crippen LogP contribution in [0, 0.1) is 0 Å². The number of amides is 1. The van der Waals surface area contributed by atoms with Crippen LogP contribution in [0.3, 0.4) is 0 Å². The topological polar surface area (TPSA) is 98.7 Å². The van der Waals surface area contributed by atoms with Crippen molar-refractivity contribution < 1.29 is 18.3 Å². The molecule has 7 nitrogen and oxygen atoms in total. The first-order valence-corrected chi connectivity index (χ1v) is 10.2. The number of nitrogens with zero attached hydrogens (tertiary/aromatic N) is 1. The summed E-state index contributed by atoms with van der Waals surface area (Å²) in [6, 6.07) is 6.58. The first-order valence-electron chi connectivity index (χ1n) is 8.73. The van der Waals surface area contributed by atoms with E-state index >= 15 is 0 Å². The Labute approximate surface area is 149 Å². The highest BCUT2D eigenvalue weighted by molar-refractivity contribution is 7.90. The summed E-state index contributed by atoms with van der Waals surface area (Å²) in [4.78, 5) is 12.6. The predicted molar refractivity (Wildman–Crippen MR) is 97.6 cm³/mol. The zero-order chi connectivity index (χ0) is 18.4. The standard InChI is InChI=1S/C17H27N3O4S/c1-3-20(4-2)25(23,24)19-16-8-6-5-7-15(16)17(22)18-13-9-11-14(21)12-10-13/h5-8,13-14,19,21H,3-4,9-12H2,1-2H3,(H,18,22). The Balaban J connectivity index is 2.13. The number of benzene rings is 1. The summed E-state index contributed by atoms with van der Waals surface area (Å²) in [5.74, 6) is -0.306. The molecular formula is C17H27N3O4S. The molecular weight excluding hydrogens is 342 g/mol. The number of carbonyl (C=O) groups excluding carboxylic acids is 1. The quantitative estimate of drug-likeness (QED) is 0.681. The molecule has 1 saturated carbocycles. The number of carbonyl (C=O) groups is 1. The van der Waals surface area contributed by atoms with Gasteiger partial charge in [-0.3, -0.25) is 9.52 Å². The average molecular weight is 369 g/mol. The van der Waals surface area contributed by atoms with Crippen molar-refractivity contribution in [3.05, 3.63) is 29.8 Å². The van der Waals surface area contributed by atoms with E-state index in [9.17, 15) is 18.3 Å². The summed E-state index contributed by atoms with van der Waals surface area (Å²) >= 11 is 0. The molecule has 0 aromatic heterocycles. The highest BCUT2D eigenvalue weighted by atomic mass is 32.2. The van der Waals surface area contributed by atoms with Crippen molar-refractivity contribution in [1.82, 2.24) is 9.62 Å². The van der Waals surface area contributed by atoms with Gasteiger partial charge in [0, 0.05) is 19.1 Å². The minimum Gasteiger partial charge on any atom is -0.393 e. The minimum absolute atomic E-state index is 0.00310. The van der Waals surface area contributed by atoms with Crippen LogP contribution in [0.2, 0.25) is 0 Å². The molecule has 0 radical (unpaired) electrons. The summed E-state index contributed by atoms with van der Waals surface area (Å²) in [7, 11) is -3.70. The molecule has 2 rings (SSSR count). The summed E-state index contributed by atoms with van der Waals surface area (Å²) in [5, 5.41) is 12.5. The Morgan fingerprint density at radius 1 is 1.16 bits per heavy atom. The van der Waals surface area contributed by atoms with Crippen LogP contribution in [-0.4, -0.2) is 49.0 Å². The summed E-state index contributed by atoms with van der Waals surface area (Å²) in [6.45, 7) is 4.23. The largest absolute Gasteiger partial charge is 0.393 e. The van der Waals surface area contributed by atoms with E-state index < -0.39 is 10.2 Å². The molecule has 0 spiro atoms. The first kappa shape index (κ1) is 19.7. The second kappa shape index (κ2) is 8.64. The maximum absolute atomic E-state index is 12.6. The van der Waals surface area contributed by atoms with Gasteiger partial charge in [-0.1, -0.05) is 26.0 Å². The fourth-order valence-corrected chi connectivity index (χ4v) is 4.29. The van der Waals surface area contributed by atoms with E-state index in [4.69, 9.17) is 0 Å². The molecule has 140 valence electrons. The fraction of sp³-hybridized carbons (Fsp3) is 0.588. The Morgan fingerprint density at radius 2 is 1.76 bits per heavy atom. The maximum atomic E-state index is 12.6. The number of para-hydroxylation sites is 1. The number of rotatable bonds is 7. The van der Waals surface area contributed by atoms with E-state index in [-0.39, 0.29) is 23.7 Å². The zero-order valence-electron chi connectivity index (χ0n) is 14.7. The molecule has 0 unspecified atom stereocenters. The highest BCUT2D eigenvalue weighted by Crippen LogP contribution is 2.21. The van der Waals surface area contributed by atoms with E-state index in [2.05, 4.69) is 10.0 Å². The lowest BCUT2D eigenvalue weighted by Gasteiger charge is -2.26. The highest BCUT2D eigenvalue weighted by Gasteiger charge is 2.24. The molecule has 1 amide bonds. The lowest BCUT2D eigenvalue weighted by Crippen LogP contribution is -2.39. The summed E-state index contributed by atoms with van der Waals surface area (Å²) in [6.07, 6.45) is 2.49. The number of nitrogens with one attached hydrogen (secondary N) is 2. The van der Waals surface area contributed by atoms with Crippen molar-refractivity contribution in [1.29, 1.82) is 0 Å². The van der Waals surface area contributed by atoms with E-state index in [1.165, 1.54) is 4.31 Å². The van der Waals surface area contributed by atoms with Gasteiger partial charge < -0.3 is 10.4 Å². The SMILES string of the molecule is CCN(CC)S(=O)(=O)Nc1ccccc1C(=O)NC1CCC(O)CC1. The lowest BCUT2D eigenvalue weighted by molar-refractivity contribution is 0.0868. The van der Waals surface area contributed by atoms with Gasteiger partial charge in [-0.25, -0.2) is 0 Å². The van der Waals surface area contributed by atoms with Gasteiger partial charge in [-0.2, -0.15) is 12.7 Å². The Bertz CT molecular complexity index is 681. The van der Waals surface area contributed by atoms with Crippen molar-refractivity contribution in [3.63, 3.8) is 0 Å². The molecule has 0 aliphatic heterocycles. The van der Waals surface area contributed by atoms with Crippen LogP contribution in [0.25, 0.3) is 0 Å². The van der Waals surface area contributed by atoms with Crippen molar-refractivity contribution in [3.8, 4) is 0 Å². The molecule has 1 aliphatic carbocycles. The average Bonchev–Trinajstić information content (AvgIpc) is 2.57. The molecule has 0 atom stereocenters. The molecule has 0 bridgehead atoms. The van der Waals surface area contributed by atoms with Crippen LogP contribution in [0.4, 0.5) is 5.69 Å². The maximum Gasteiger partial charge on any atom is 0.301 e. The van der Waals surface area contributed by atoms with Crippen LogP contribution in [0.1, 0.15) is 49.9 Å². The van der Waals surface area contributed by atoms with Crippen LogP contribution >= 0.6 is 0 Å². The summed E-state index contributed by atoms with van der Waals surface area (Å²) < 4.78 is 28.6. The third-order valence-electron chi connectivity index (χ3n) is 4.49. The second-order valence-corrected chi connectivity index (χ2v) is 7.89. The van der Waals surface area contributed by atoms with Gasteiger partial charge in [0.05, 0.1) is 17.4 Å². The number of aliphatic hydroxyl groups excluding tert-OH is 1. The van der Waals surface area contributed by atoms with Crippen molar-refractivity contribution in [2.24, 2.45) is 0 Å². The fourth-order valence-electron chi connectivity index (χ4n) is 3.02. The third kappa shape index (κ3) is 5.17. The van der Waals surface area contributed by atoms with Crippen molar-refractivity contribution in [2.75, 3.05) is 17.8 Å². The van der Waals surface area contributed by atoms with Gasteiger partial charge in [0.25, 0.3) is 5.91 Å². The second-order valence-electron chi connectivity index (χ2n) is 6.22. The lowest BCUT2D eigenvalue weighted by atomic mass is 9.93.